The van der Waals surface area contributed by atoms with Gasteiger partial charge in [0.1, 0.15) is 0 Å². The van der Waals surface area contributed by atoms with Crippen molar-refractivity contribution in [1.82, 2.24) is 10.1 Å². The van der Waals surface area contributed by atoms with Crippen molar-refractivity contribution in [2.75, 3.05) is 0 Å². The number of alkyl halides is 3. The lowest BCUT2D eigenvalue weighted by molar-refractivity contribution is -0.159. The van der Waals surface area contributed by atoms with Gasteiger partial charge in [0.15, 0.2) is 0 Å². The molecule has 1 aliphatic rings. The van der Waals surface area contributed by atoms with Crippen molar-refractivity contribution in [3.8, 4) is 0 Å². The molecule has 100 valence electrons. The van der Waals surface area contributed by atoms with E-state index in [9.17, 15) is 18.0 Å². The molecule has 19 heavy (non-hydrogen) atoms. The molecule has 1 unspecified atom stereocenters. The minimum atomic E-state index is -4.72. The normalized spacial score (nSPS) is 19.4. The predicted octanol–water partition coefficient (Wildman–Crippen LogP) is 1.51. The second-order valence-corrected chi connectivity index (χ2v) is 4.13. The molecule has 0 fully saturated rings. The molecule has 1 amide bonds. The fourth-order valence-corrected chi connectivity index (χ4v) is 1.67. The first kappa shape index (κ1) is 13.4. The SMILES string of the molecule is NC(=O)C1C=C(c2noc(C(F)(F)F)n2)C=CC1=S. The number of halogens is 3. The molecule has 0 aromatic carbocycles. The van der Waals surface area contributed by atoms with Gasteiger partial charge < -0.3 is 10.3 Å². The summed E-state index contributed by atoms with van der Waals surface area (Å²) in [7, 11) is 0. The van der Waals surface area contributed by atoms with Crippen molar-refractivity contribution in [3.05, 3.63) is 29.9 Å². The van der Waals surface area contributed by atoms with E-state index < -0.39 is 23.9 Å². The molecule has 0 spiro atoms. The van der Waals surface area contributed by atoms with Crippen LogP contribution in [0.1, 0.15) is 11.7 Å². The second kappa shape index (κ2) is 4.57. The number of nitrogens with two attached hydrogens (primary N) is 1. The van der Waals surface area contributed by atoms with E-state index in [4.69, 9.17) is 18.0 Å². The summed E-state index contributed by atoms with van der Waals surface area (Å²) in [6, 6.07) is 0. The molecule has 1 atom stereocenters. The van der Waals surface area contributed by atoms with Gasteiger partial charge in [0.05, 0.1) is 5.92 Å². The molecule has 0 saturated heterocycles. The molecule has 1 aromatic heterocycles. The van der Waals surface area contributed by atoms with Crippen molar-refractivity contribution in [1.29, 1.82) is 0 Å². The summed E-state index contributed by atoms with van der Waals surface area (Å²) in [5, 5.41) is 3.20. The molecule has 0 aliphatic heterocycles. The Kier molecular flexibility index (Phi) is 3.23. The average molecular weight is 289 g/mol. The maximum atomic E-state index is 12.3. The highest BCUT2D eigenvalue weighted by atomic mass is 32.1. The highest BCUT2D eigenvalue weighted by Gasteiger charge is 2.38. The summed E-state index contributed by atoms with van der Waals surface area (Å²) in [6.07, 6.45) is -0.630. The summed E-state index contributed by atoms with van der Waals surface area (Å²) in [6.45, 7) is 0. The van der Waals surface area contributed by atoms with E-state index in [0.717, 1.165) is 0 Å². The number of hydrogen-bond donors (Lipinski definition) is 1. The second-order valence-electron chi connectivity index (χ2n) is 3.66. The lowest BCUT2D eigenvalue weighted by Crippen LogP contribution is -2.28. The van der Waals surface area contributed by atoms with Crippen molar-refractivity contribution in [2.24, 2.45) is 11.7 Å². The molecular weight excluding hydrogens is 283 g/mol. The van der Waals surface area contributed by atoms with E-state index in [-0.39, 0.29) is 16.3 Å². The third-order valence-electron chi connectivity index (χ3n) is 2.31. The summed E-state index contributed by atoms with van der Waals surface area (Å²) >= 11 is 4.89. The largest absolute Gasteiger partial charge is 0.471 e. The van der Waals surface area contributed by atoms with Crippen LogP contribution in [0.5, 0.6) is 0 Å². The van der Waals surface area contributed by atoms with Gasteiger partial charge >= 0.3 is 12.1 Å². The Labute approximate surface area is 110 Å². The van der Waals surface area contributed by atoms with Gasteiger partial charge in [0.25, 0.3) is 0 Å². The van der Waals surface area contributed by atoms with Gasteiger partial charge in [-0.15, -0.1) is 0 Å². The third kappa shape index (κ3) is 2.70. The van der Waals surface area contributed by atoms with E-state index in [1.807, 2.05) is 0 Å². The summed E-state index contributed by atoms with van der Waals surface area (Å²) in [4.78, 5) is 14.6. The number of allylic oxidation sites excluding steroid dienone is 3. The van der Waals surface area contributed by atoms with Crippen LogP contribution in [0.2, 0.25) is 0 Å². The average Bonchev–Trinajstić information content (AvgIpc) is 2.78. The van der Waals surface area contributed by atoms with Crippen molar-refractivity contribution in [3.63, 3.8) is 0 Å². The third-order valence-corrected chi connectivity index (χ3v) is 2.70. The summed E-state index contributed by atoms with van der Waals surface area (Å²) < 4.78 is 41.0. The van der Waals surface area contributed by atoms with Gasteiger partial charge in [-0.05, 0) is 6.08 Å². The molecule has 1 aliphatic carbocycles. The molecule has 2 rings (SSSR count). The Bertz CT molecular complexity index is 603. The van der Waals surface area contributed by atoms with Gasteiger partial charge in [0, 0.05) is 10.4 Å². The van der Waals surface area contributed by atoms with Crippen molar-refractivity contribution < 1.29 is 22.5 Å². The topological polar surface area (TPSA) is 82.0 Å². The molecule has 0 radical (unpaired) electrons. The van der Waals surface area contributed by atoms with E-state index in [1.165, 1.54) is 18.2 Å². The van der Waals surface area contributed by atoms with E-state index in [2.05, 4.69) is 14.7 Å². The Morgan fingerprint density at radius 3 is 2.63 bits per heavy atom. The van der Waals surface area contributed by atoms with E-state index in [0.29, 0.717) is 0 Å². The Morgan fingerprint density at radius 1 is 1.42 bits per heavy atom. The Morgan fingerprint density at radius 2 is 2.11 bits per heavy atom. The first-order valence-corrected chi connectivity index (χ1v) is 5.34. The van der Waals surface area contributed by atoms with Crippen LogP contribution < -0.4 is 5.73 Å². The van der Waals surface area contributed by atoms with Crippen LogP contribution >= 0.6 is 12.2 Å². The minimum absolute atomic E-state index is 0.191. The molecular formula is C10H6F3N3O2S. The number of primary amides is 1. The molecule has 5 nitrogen and oxygen atoms in total. The Hall–Kier alpha value is -2.03. The van der Waals surface area contributed by atoms with Crippen molar-refractivity contribution in [2.45, 2.75) is 6.18 Å². The zero-order chi connectivity index (χ0) is 14.2. The molecule has 9 heteroatoms. The van der Waals surface area contributed by atoms with Crippen LogP contribution in [0.3, 0.4) is 0 Å². The lowest BCUT2D eigenvalue weighted by Gasteiger charge is -2.12. The first-order valence-electron chi connectivity index (χ1n) is 4.93. The highest BCUT2D eigenvalue weighted by Crippen LogP contribution is 2.29. The smallest absolute Gasteiger partial charge is 0.369 e. The van der Waals surface area contributed by atoms with Crippen LogP contribution in [0, 0.1) is 5.92 Å². The highest BCUT2D eigenvalue weighted by molar-refractivity contribution is 7.80. The number of rotatable bonds is 2. The van der Waals surface area contributed by atoms with Gasteiger partial charge in [-0.3, -0.25) is 4.79 Å². The van der Waals surface area contributed by atoms with Crippen LogP contribution in [0.15, 0.2) is 22.8 Å². The number of aromatic nitrogens is 2. The van der Waals surface area contributed by atoms with E-state index >= 15 is 0 Å². The summed E-state index contributed by atoms with van der Waals surface area (Å²) in [5.41, 5.74) is 5.31. The molecule has 0 bridgehead atoms. The predicted molar refractivity (Wildman–Crippen MR) is 61.7 cm³/mol. The fourth-order valence-electron chi connectivity index (χ4n) is 1.42. The number of hydrogen-bond acceptors (Lipinski definition) is 5. The van der Waals surface area contributed by atoms with Crippen LogP contribution in [0.4, 0.5) is 13.2 Å². The van der Waals surface area contributed by atoms with Gasteiger partial charge in [0.2, 0.25) is 11.7 Å². The maximum absolute atomic E-state index is 12.3. The van der Waals surface area contributed by atoms with Crippen molar-refractivity contribution >= 4 is 28.6 Å². The zero-order valence-corrected chi connectivity index (χ0v) is 9.96. The first-order chi connectivity index (χ1) is 8.79. The number of thiocarbonyl (C=S) groups is 1. The van der Waals surface area contributed by atoms with Gasteiger partial charge in [-0.2, -0.15) is 18.2 Å². The number of carbonyl (C=O) groups is 1. The van der Waals surface area contributed by atoms with Gasteiger partial charge in [-0.1, -0.05) is 29.5 Å². The quantitative estimate of drug-likeness (QED) is 0.835. The Balaban J connectivity index is 2.35. The van der Waals surface area contributed by atoms with Crippen LogP contribution in [-0.4, -0.2) is 20.9 Å². The molecule has 0 saturated carbocycles. The maximum Gasteiger partial charge on any atom is 0.471 e. The number of carbonyl (C=O) groups excluding carboxylic acids is 1. The molecule has 2 N–H and O–H groups in total. The van der Waals surface area contributed by atoms with Crippen LogP contribution in [0.25, 0.3) is 5.57 Å². The van der Waals surface area contributed by atoms with Crippen LogP contribution in [-0.2, 0) is 11.0 Å². The molecule has 1 aromatic rings. The minimum Gasteiger partial charge on any atom is -0.369 e. The number of nitrogens with zero attached hydrogens (tertiary/aromatic N) is 2. The standard InChI is InChI=1S/C10H6F3N3O2S/c11-10(12,13)9-15-8(16-18-9)4-1-2-6(19)5(3-4)7(14)17/h1-3,5H,(H2,14,17). The summed E-state index contributed by atoms with van der Waals surface area (Å²) in [5.74, 6) is -3.31. The number of amides is 1. The lowest BCUT2D eigenvalue weighted by atomic mass is 9.95. The fraction of sp³-hybridized carbons (Fsp3) is 0.200. The molecule has 1 heterocycles. The van der Waals surface area contributed by atoms with E-state index in [1.54, 1.807) is 0 Å². The zero-order valence-electron chi connectivity index (χ0n) is 9.14. The van der Waals surface area contributed by atoms with Gasteiger partial charge in [-0.25, -0.2) is 0 Å². The monoisotopic (exact) mass is 289 g/mol.